The molecular formula is C21H28N4O2. The Bertz CT molecular complexity index is 772. The molecule has 6 heteroatoms. The van der Waals surface area contributed by atoms with Crippen LogP contribution in [0.2, 0.25) is 0 Å². The maximum absolute atomic E-state index is 12.0. The van der Waals surface area contributed by atoms with Gasteiger partial charge in [-0.25, -0.2) is 0 Å². The number of amidine groups is 1. The average molecular weight is 368 g/mol. The fourth-order valence-electron chi connectivity index (χ4n) is 2.31. The monoisotopic (exact) mass is 368 g/mol. The molecule has 27 heavy (non-hydrogen) atoms. The van der Waals surface area contributed by atoms with Crippen LogP contribution >= 0.6 is 0 Å². The van der Waals surface area contributed by atoms with Crippen molar-refractivity contribution in [2.75, 3.05) is 13.1 Å². The van der Waals surface area contributed by atoms with Crippen LogP contribution in [0.3, 0.4) is 0 Å². The number of nitrogens with one attached hydrogen (secondary N) is 1. The number of benzene rings is 1. The van der Waals surface area contributed by atoms with Gasteiger partial charge in [0.2, 0.25) is 0 Å². The minimum Gasteiger partial charge on any atom is -0.457 e. The first-order chi connectivity index (χ1) is 13.0. The van der Waals surface area contributed by atoms with E-state index in [1.165, 1.54) is 0 Å². The summed E-state index contributed by atoms with van der Waals surface area (Å²) < 4.78 is 5.78. The van der Waals surface area contributed by atoms with E-state index in [4.69, 9.17) is 16.2 Å². The van der Waals surface area contributed by atoms with Crippen LogP contribution in [0.25, 0.3) is 5.70 Å². The molecule has 6 nitrogen and oxygen atoms in total. The Labute approximate surface area is 161 Å². The second-order valence-corrected chi connectivity index (χ2v) is 5.44. The third-order valence-electron chi connectivity index (χ3n) is 3.43. The van der Waals surface area contributed by atoms with Crippen molar-refractivity contribution in [2.45, 2.75) is 20.8 Å². The van der Waals surface area contributed by atoms with Gasteiger partial charge in [-0.2, -0.15) is 0 Å². The van der Waals surface area contributed by atoms with Gasteiger partial charge in [-0.1, -0.05) is 18.7 Å². The lowest BCUT2D eigenvalue weighted by Gasteiger charge is -2.14. The molecule has 5 N–H and O–H groups in total. The topological polar surface area (TPSA) is 103 Å². The fourth-order valence-corrected chi connectivity index (χ4v) is 2.31. The first-order valence-electron chi connectivity index (χ1n) is 8.80. The zero-order chi connectivity index (χ0) is 20.2. The van der Waals surface area contributed by atoms with Crippen molar-refractivity contribution in [1.82, 2.24) is 5.32 Å². The number of hydrogen-bond acceptors (Lipinski definition) is 4. The second-order valence-electron chi connectivity index (χ2n) is 5.44. The van der Waals surface area contributed by atoms with Gasteiger partial charge in [0.05, 0.1) is 5.70 Å². The van der Waals surface area contributed by atoms with Crippen molar-refractivity contribution >= 4 is 17.4 Å². The van der Waals surface area contributed by atoms with Crippen molar-refractivity contribution in [3.8, 4) is 5.75 Å². The van der Waals surface area contributed by atoms with Gasteiger partial charge in [-0.15, -0.1) is 0 Å². The molecular weight excluding hydrogens is 340 g/mol. The summed E-state index contributed by atoms with van der Waals surface area (Å²) in [7, 11) is 0. The van der Waals surface area contributed by atoms with Crippen molar-refractivity contribution in [3.05, 3.63) is 72.0 Å². The average Bonchev–Trinajstić information content (AvgIpc) is 2.63. The number of amides is 1. The molecule has 0 saturated carbocycles. The number of likely N-dealkylation sites (N-methyl/N-ethyl adjacent to an activating group) is 1. The lowest BCUT2D eigenvalue weighted by atomic mass is 10.0. The summed E-state index contributed by atoms with van der Waals surface area (Å²) >= 11 is 0. The van der Waals surface area contributed by atoms with Gasteiger partial charge in [0.15, 0.2) is 0 Å². The quantitative estimate of drug-likeness (QED) is 0.205. The minimum atomic E-state index is -0.634. The predicted octanol–water partition coefficient (Wildman–Crippen LogP) is 2.89. The van der Waals surface area contributed by atoms with Crippen molar-refractivity contribution in [3.63, 3.8) is 0 Å². The lowest BCUT2D eigenvalue weighted by Crippen LogP contribution is -2.34. The molecule has 144 valence electrons. The molecule has 1 aromatic carbocycles. The summed E-state index contributed by atoms with van der Waals surface area (Å²) in [6.07, 6.45) is 7.12. The summed E-state index contributed by atoms with van der Waals surface area (Å²) in [5.74, 6) is 1.05. The number of aliphatic imine (C=N–C) groups is 1. The molecule has 0 aliphatic carbocycles. The Morgan fingerprint density at radius 1 is 1.26 bits per heavy atom. The van der Waals surface area contributed by atoms with Gasteiger partial charge in [-0.05, 0) is 62.8 Å². The van der Waals surface area contributed by atoms with E-state index in [1.807, 2.05) is 32.9 Å². The molecule has 0 radical (unpaired) electrons. The van der Waals surface area contributed by atoms with E-state index in [2.05, 4.69) is 16.9 Å². The number of primary amides is 1. The Morgan fingerprint density at radius 2 is 1.93 bits per heavy atom. The molecule has 0 bridgehead atoms. The number of nitrogens with zero attached hydrogens (tertiary/aromatic N) is 1. The largest absolute Gasteiger partial charge is 0.457 e. The van der Waals surface area contributed by atoms with Crippen molar-refractivity contribution in [2.24, 2.45) is 16.5 Å². The molecule has 1 aromatic rings. The first-order valence-corrected chi connectivity index (χ1v) is 8.80. The van der Waals surface area contributed by atoms with E-state index in [0.717, 1.165) is 0 Å². The minimum absolute atomic E-state index is 0.175. The molecule has 0 aliphatic heterocycles. The second kappa shape index (κ2) is 11.4. The Morgan fingerprint density at radius 3 is 2.41 bits per heavy atom. The highest BCUT2D eigenvalue weighted by Gasteiger charge is 2.18. The zero-order valence-electron chi connectivity index (χ0n) is 16.2. The highest BCUT2D eigenvalue weighted by Crippen LogP contribution is 2.20. The van der Waals surface area contributed by atoms with Gasteiger partial charge in [0.25, 0.3) is 5.91 Å². The molecule has 0 unspecified atom stereocenters. The molecule has 0 spiro atoms. The van der Waals surface area contributed by atoms with E-state index in [9.17, 15) is 4.79 Å². The van der Waals surface area contributed by atoms with Crippen LogP contribution in [-0.2, 0) is 4.79 Å². The van der Waals surface area contributed by atoms with Gasteiger partial charge in [0.1, 0.15) is 22.9 Å². The van der Waals surface area contributed by atoms with Crippen LogP contribution in [0, 0.1) is 0 Å². The molecule has 0 aromatic heterocycles. The molecule has 0 saturated heterocycles. The molecule has 0 atom stereocenters. The summed E-state index contributed by atoms with van der Waals surface area (Å²) in [6, 6.07) is 7.07. The number of hydrogen-bond donors (Lipinski definition) is 3. The third kappa shape index (κ3) is 6.51. The number of nitrogens with two attached hydrogens (primary N) is 2. The number of carbonyl (C=O) groups excluding carboxylic acids is 1. The van der Waals surface area contributed by atoms with Crippen LogP contribution in [0.1, 0.15) is 26.3 Å². The Kier molecular flexibility index (Phi) is 9.15. The molecule has 0 fully saturated rings. The maximum Gasteiger partial charge on any atom is 0.254 e. The van der Waals surface area contributed by atoms with Crippen LogP contribution in [0.5, 0.6) is 5.75 Å². The first kappa shape index (κ1) is 21.8. The SMILES string of the molecule is C=C/C=C(\C=C/C)Oc1ccc(/C(N)=C(\C(N)=O)C(=NCC)NCC)cc1. The number of rotatable bonds is 9. The van der Waals surface area contributed by atoms with Crippen LogP contribution in [0.4, 0.5) is 0 Å². The third-order valence-corrected chi connectivity index (χ3v) is 3.43. The lowest BCUT2D eigenvalue weighted by molar-refractivity contribution is -0.114. The van der Waals surface area contributed by atoms with Crippen LogP contribution in [0.15, 0.2) is 71.5 Å². The number of ether oxygens (including phenoxy) is 1. The standard InChI is InChI=1S/C21H28N4O2/c1-5-9-16(10-6-2)27-17-13-11-15(12-14-17)19(22)18(20(23)26)21(24-7-3)25-8-4/h5-6,9-14H,1,7-8,22H2,2-4H3,(H2,23,26)(H,24,25)/b10-6-,16-9+,19-18-. The van der Waals surface area contributed by atoms with E-state index >= 15 is 0 Å². The molecule has 1 rings (SSSR count). The summed E-state index contributed by atoms with van der Waals surface area (Å²) in [6.45, 7) is 10.5. The highest BCUT2D eigenvalue weighted by molar-refractivity contribution is 6.24. The van der Waals surface area contributed by atoms with Gasteiger partial charge in [-0.3, -0.25) is 9.79 Å². The number of allylic oxidation sites excluding steroid dienone is 4. The van der Waals surface area contributed by atoms with E-state index in [1.54, 1.807) is 36.4 Å². The zero-order valence-corrected chi connectivity index (χ0v) is 16.2. The summed E-state index contributed by atoms with van der Waals surface area (Å²) in [5, 5.41) is 3.04. The van der Waals surface area contributed by atoms with E-state index in [-0.39, 0.29) is 11.3 Å². The van der Waals surface area contributed by atoms with Gasteiger partial charge in [0, 0.05) is 13.1 Å². The normalized spacial score (nSPS) is 13.3. The smallest absolute Gasteiger partial charge is 0.254 e. The van der Waals surface area contributed by atoms with Crippen LogP contribution in [-0.4, -0.2) is 24.8 Å². The van der Waals surface area contributed by atoms with Crippen molar-refractivity contribution in [1.29, 1.82) is 0 Å². The number of carbonyl (C=O) groups is 1. The highest BCUT2D eigenvalue weighted by atomic mass is 16.5. The predicted molar refractivity (Wildman–Crippen MR) is 112 cm³/mol. The van der Waals surface area contributed by atoms with E-state index < -0.39 is 5.91 Å². The summed E-state index contributed by atoms with van der Waals surface area (Å²) in [4.78, 5) is 16.3. The molecule has 0 aliphatic rings. The van der Waals surface area contributed by atoms with E-state index in [0.29, 0.717) is 36.0 Å². The van der Waals surface area contributed by atoms with Crippen molar-refractivity contribution < 1.29 is 9.53 Å². The van der Waals surface area contributed by atoms with Gasteiger partial charge < -0.3 is 21.5 Å². The maximum atomic E-state index is 12.0. The van der Waals surface area contributed by atoms with Crippen LogP contribution < -0.4 is 21.5 Å². The fraction of sp³-hybridized carbons (Fsp3) is 0.238. The summed E-state index contributed by atoms with van der Waals surface area (Å²) in [5.41, 5.74) is 12.9. The molecule has 1 amide bonds. The molecule has 0 heterocycles. The van der Waals surface area contributed by atoms with Gasteiger partial charge >= 0.3 is 0 Å². The Balaban J connectivity index is 3.24. The Hall–Kier alpha value is -3.28.